The zero-order valence-corrected chi connectivity index (χ0v) is 23.3. The number of amides is 1. The minimum Gasteiger partial charge on any atom is -0.480 e. The minimum absolute atomic E-state index is 0.0313. The number of carboxylic acid groups (broad SMARTS) is 1. The SMILES string of the molecule is CC(C)(C)c1ccc(NCCC[C@H](NC(=O)c2ccc(NCc3cnc4nc(N)nc(N)c4n3)cc2)C(=O)O)cc1. The summed E-state index contributed by atoms with van der Waals surface area (Å²) in [5, 5.41) is 18.8. The van der Waals surface area contributed by atoms with E-state index >= 15 is 0 Å². The van der Waals surface area contributed by atoms with Crippen LogP contribution in [-0.2, 0) is 16.8 Å². The molecule has 0 aliphatic heterocycles. The van der Waals surface area contributed by atoms with Crippen molar-refractivity contribution in [1.29, 1.82) is 0 Å². The van der Waals surface area contributed by atoms with Crippen molar-refractivity contribution in [2.45, 2.75) is 51.6 Å². The highest BCUT2D eigenvalue weighted by Crippen LogP contribution is 2.23. The van der Waals surface area contributed by atoms with Crippen LogP contribution in [0, 0.1) is 0 Å². The van der Waals surface area contributed by atoms with Gasteiger partial charge in [0.25, 0.3) is 5.91 Å². The summed E-state index contributed by atoms with van der Waals surface area (Å²) in [6.07, 6.45) is 2.43. The summed E-state index contributed by atoms with van der Waals surface area (Å²) in [5.74, 6) is -1.34. The largest absolute Gasteiger partial charge is 0.480 e. The standard InChI is InChI=1S/C29H35N9O3/c1-29(2,3)18-8-12-19(13-9-18)32-14-4-5-22(27(40)41)36-26(39)17-6-10-20(11-7-17)33-15-21-16-34-25-23(35-21)24(30)37-28(31)38-25/h6-13,16,22,32-33H,4-5,14-15H2,1-3H3,(H,36,39)(H,40,41)(H4,30,31,34,37,38)/t22-/m0/s1. The van der Waals surface area contributed by atoms with Gasteiger partial charge in [-0.25, -0.2) is 14.8 Å². The van der Waals surface area contributed by atoms with Crippen molar-refractivity contribution in [2.75, 3.05) is 28.6 Å². The first-order valence-corrected chi connectivity index (χ1v) is 13.3. The molecule has 2 aromatic heterocycles. The molecule has 0 aliphatic carbocycles. The Morgan fingerprint density at radius 2 is 1.59 bits per heavy atom. The van der Waals surface area contributed by atoms with Gasteiger partial charge in [-0.15, -0.1) is 0 Å². The molecule has 12 heteroatoms. The summed E-state index contributed by atoms with van der Waals surface area (Å²) in [7, 11) is 0. The number of nitrogens with two attached hydrogens (primary N) is 2. The summed E-state index contributed by atoms with van der Waals surface area (Å²) >= 11 is 0. The average molecular weight is 558 g/mol. The van der Waals surface area contributed by atoms with Gasteiger partial charge < -0.3 is 32.5 Å². The number of nitrogens with one attached hydrogen (secondary N) is 3. The van der Waals surface area contributed by atoms with Gasteiger partial charge in [-0.3, -0.25) is 4.79 Å². The Kier molecular flexibility index (Phi) is 8.81. The van der Waals surface area contributed by atoms with E-state index < -0.39 is 17.9 Å². The quantitative estimate of drug-likeness (QED) is 0.148. The Morgan fingerprint density at radius 1 is 0.927 bits per heavy atom. The number of rotatable bonds is 11. The molecule has 12 nitrogen and oxygen atoms in total. The number of carbonyl (C=O) groups excluding carboxylic acids is 1. The molecule has 0 spiro atoms. The van der Waals surface area contributed by atoms with Crippen molar-refractivity contribution in [2.24, 2.45) is 0 Å². The zero-order chi connectivity index (χ0) is 29.6. The van der Waals surface area contributed by atoms with Gasteiger partial charge in [0.05, 0.1) is 18.4 Å². The molecule has 0 saturated carbocycles. The second-order valence-electron chi connectivity index (χ2n) is 10.7. The number of carboxylic acids is 1. The molecule has 214 valence electrons. The van der Waals surface area contributed by atoms with Crippen LogP contribution in [0.4, 0.5) is 23.1 Å². The number of nitrogens with zero attached hydrogens (tertiary/aromatic N) is 4. The number of anilines is 4. The molecule has 0 aliphatic rings. The number of carbonyl (C=O) groups is 2. The second kappa shape index (κ2) is 12.5. The van der Waals surface area contributed by atoms with Crippen molar-refractivity contribution < 1.29 is 14.7 Å². The summed E-state index contributed by atoms with van der Waals surface area (Å²) < 4.78 is 0. The van der Waals surface area contributed by atoms with Crippen molar-refractivity contribution in [3.05, 3.63) is 71.5 Å². The van der Waals surface area contributed by atoms with Gasteiger partial charge in [0.15, 0.2) is 17.0 Å². The molecular formula is C29H35N9O3. The van der Waals surface area contributed by atoms with Gasteiger partial charge in [-0.2, -0.15) is 9.97 Å². The van der Waals surface area contributed by atoms with E-state index in [1.165, 1.54) is 5.56 Å². The number of fused-ring (bicyclic) bond motifs is 1. The Labute approximate surface area is 238 Å². The predicted octanol–water partition coefficient (Wildman–Crippen LogP) is 3.57. The molecule has 2 heterocycles. The molecule has 1 atom stereocenters. The lowest BCUT2D eigenvalue weighted by Crippen LogP contribution is -2.41. The van der Waals surface area contributed by atoms with E-state index in [1.54, 1.807) is 30.5 Å². The van der Waals surface area contributed by atoms with E-state index in [9.17, 15) is 14.7 Å². The maximum Gasteiger partial charge on any atom is 0.326 e. The van der Waals surface area contributed by atoms with Crippen molar-refractivity contribution in [3.63, 3.8) is 0 Å². The van der Waals surface area contributed by atoms with Gasteiger partial charge in [-0.1, -0.05) is 32.9 Å². The lowest BCUT2D eigenvalue weighted by atomic mass is 9.87. The lowest BCUT2D eigenvalue weighted by molar-refractivity contribution is -0.139. The molecule has 1 amide bonds. The fraction of sp³-hybridized carbons (Fsp3) is 0.310. The van der Waals surface area contributed by atoms with Crippen molar-refractivity contribution >= 4 is 46.2 Å². The molecular weight excluding hydrogens is 522 g/mol. The first-order valence-electron chi connectivity index (χ1n) is 13.3. The van der Waals surface area contributed by atoms with Crippen LogP contribution in [0.3, 0.4) is 0 Å². The van der Waals surface area contributed by atoms with Crippen LogP contribution in [0.1, 0.15) is 55.2 Å². The van der Waals surface area contributed by atoms with Gasteiger partial charge in [-0.05, 0) is 60.2 Å². The maximum absolute atomic E-state index is 12.7. The van der Waals surface area contributed by atoms with Crippen LogP contribution >= 0.6 is 0 Å². The summed E-state index contributed by atoms with van der Waals surface area (Å²) in [6, 6.07) is 13.9. The molecule has 4 aromatic rings. The lowest BCUT2D eigenvalue weighted by Gasteiger charge is -2.19. The molecule has 0 fully saturated rings. The minimum atomic E-state index is -1.07. The monoisotopic (exact) mass is 557 g/mol. The third-order valence-corrected chi connectivity index (χ3v) is 6.47. The van der Waals surface area contributed by atoms with Gasteiger partial charge in [0.2, 0.25) is 5.95 Å². The molecule has 41 heavy (non-hydrogen) atoms. The second-order valence-corrected chi connectivity index (χ2v) is 10.7. The molecule has 2 aromatic carbocycles. The smallest absolute Gasteiger partial charge is 0.326 e. The molecule has 4 rings (SSSR count). The van der Waals surface area contributed by atoms with Crippen LogP contribution in [0.25, 0.3) is 11.2 Å². The Morgan fingerprint density at radius 3 is 2.24 bits per heavy atom. The van der Waals surface area contributed by atoms with Crippen LogP contribution in [0.2, 0.25) is 0 Å². The van der Waals surface area contributed by atoms with E-state index in [0.717, 1.165) is 11.4 Å². The highest BCUT2D eigenvalue weighted by molar-refractivity contribution is 5.96. The third kappa shape index (κ3) is 7.78. The maximum atomic E-state index is 12.7. The van der Waals surface area contributed by atoms with E-state index in [0.29, 0.717) is 48.4 Å². The van der Waals surface area contributed by atoms with Crippen LogP contribution < -0.4 is 27.4 Å². The number of nitrogen functional groups attached to an aromatic ring is 2. The number of hydrogen-bond acceptors (Lipinski definition) is 10. The van der Waals surface area contributed by atoms with Crippen LogP contribution in [-0.4, -0.2) is 49.5 Å². The summed E-state index contributed by atoms with van der Waals surface area (Å²) in [6.45, 7) is 7.41. The van der Waals surface area contributed by atoms with Gasteiger partial charge in [0, 0.05) is 23.5 Å². The Hall–Kier alpha value is -5.00. The fourth-order valence-corrected chi connectivity index (χ4v) is 4.13. The fourth-order valence-electron chi connectivity index (χ4n) is 4.13. The number of aliphatic carboxylic acids is 1. The molecule has 0 radical (unpaired) electrons. The van der Waals surface area contributed by atoms with E-state index in [2.05, 4.69) is 68.8 Å². The topological polar surface area (TPSA) is 194 Å². The predicted molar refractivity (Wildman–Crippen MR) is 159 cm³/mol. The first kappa shape index (κ1) is 29.0. The number of benzene rings is 2. The van der Waals surface area contributed by atoms with Crippen LogP contribution in [0.15, 0.2) is 54.7 Å². The van der Waals surface area contributed by atoms with E-state index in [-0.39, 0.29) is 17.2 Å². The first-order chi connectivity index (χ1) is 19.5. The van der Waals surface area contributed by atoms with Gasteiger partial charge >= 0.3 is 5.97 Å². The summed E-state index contributed by atoms with van der Waals surface area (Å²) in [5.41, 5.74) is 16.1. The average Bonchev–Trinajstić information content (AvgIpc) is 2.93. The van der Waals surface area contributed by atoms with E-state index in [1.807, 2.05) is 12.1 Å². The molecule has 0 saturated heterocycles. The normalized spacial score (nSPS) is 12.1. The molecule has 0 bridgehead atoms. The van der Waals surface area contributed by atoms with Gasteiger partial charge in [0.1, 0.15) is 6.04 Å². The highest BCUT2D eigenvalue weighted by Gasteiger charge is 2.20. The van der Waals surface area contributed by atoms with Crippen LogP contribution in [0.5, 0.6) is 0 Å². The Balaban J connectivity index is 1.26. The molecule has 0 unspecified atom stereocenters. The third-order valence-electron chi connectivity index (χ3n) is 6.47. The number of hydrogen-bond donors (Lipinski definition) is 6. The van der Waals surface area contributed by atoms with E-state index in [4.69, 9.17) is 11.5 Å². The molecule has 8 N–H and O–H groups in total. The zero-order valence-electron chi connectivity index (χ0n) is 23.3. The van der Waals surface area contributed by atoms with Crippen molar-refractivity contribution in [1.82, 2.24) is 25.3 Å². The number of aromatic nitrogens is 4. The van der Waals surface area contributed by atoms with Crippen molar-refractivity contribution in [3.8, 4) is 0 Å². The Bertz CT molecular complexity index is 1520. The highest BCUT2D eigenvalue weighted by atomic mass is 16.4. The summed E-state index contributed by atoms with van der Waals surface area (Å²) in [4.78, 5) is 41.1.